The monoisotopic (exact) mass is 321 g/mol. The predicted octanol–water partition coefficient (Wildman–Crippen LogP) is 1.25. The average Bonchev–Trinajstić information content (AvgIpc) is 3.20. The molecular formula is C15H19N3O3S. The van der Waals surface area contributed by atoms with Gasteiger partial charge in [0.1, 0.15) is 10.5 Å². The molecule has 118 valence electrons. The molecule has 4 unspecified atom stereocenters. The van der Waals surface area contributed by atoms with E-state index >= 15 is 0 Å². The third-order valence-electron chi connectivity index (χ3n) is 5.29. The summed E-state index contributed by atoms with van der Waals surface area (Å²) in [5, 5.41) is 10.2. The van der Waals surface area contributed by atoms with Gasteiger partial charge < -0.3 is 10.1 Å². The van der Waals surface area contributed by atoms with Gasteiger partial charge >= 0.3 is 0 Å². The minimum atomic E-state index is -3.62. The molecule has 7 heteroatoms. The Kier molecular flexibility index (Phi) is 3.25. The number of fused-ring (bicyclic) bond motifs is 3. The summed E-state index contributed by atoms with van der Waals surface area (Å²) in [6.07, 6.45) is 6.28. The fourth-order valence-corrected chi connectivity index (χ4v) is 5.77. The zero-order chi connectivity index (χ0) is 15.3. The van der Waals surface area contributed by atoms with Crippen molar-refractivity contribution in [3.63, 3.8) is 0 Å². The van der Waals surface area contributed by atoms with Crippen LogP contribution in [0.3, 0.4) is 0 Å². The molecule has 0 aromatic carbocycles. The Morgan fingerprint density at radius 3 is 3.00 bits per heavy atom. The smallest absolute Gasteiger partial charge is 0.243 e. The van der Waals surface area contributed by atoms with E-state index in [0.717, 1.165) is 19.3 Å². The van der Waals surface area contributed by atoms with Crippen LogP contribution in [0.2, 0.25) is 0 Å². The number of H-pyrrole nitrogens is 1. The molecule has 2 fully saturated rings. The molecule has 22 heavy (non-hydrogen) atoms. The fourth-order valence-electron chi connectivity index (χ4n) is 4.25. The Morgan fingerprint density at radius 1 is 1.36 bits per heavy atom. The van der Waals surface area contributed by atoms with E-state index < -0.39 is 10.0 Å². The number of pyridine rings is 1. The van der Waals surface area contributed by atoms with Crippen LogP contribution in [0.1, 0.15) is 19.3 Å². The van der Waals surface area contributed by atoms with Gasteiger partial charge in [-0.1, -0.05) is 0 Å². The van der Waals surface area contributed by atoms with E-state index in [-0.39, 0.29) is 23.5 Å². The minimum Gasteiger partial charge on any atom is -0.396 e. The second-order valence-corrected chi connectivity index (χ2v) is 8.06. The van der Waals surface area contributed by atoms with Crippen LogP contribution >= 0.6 is 0 Å². The summed E-state index contributed by atoms with van der Waals surface area (Å²) in [5.74, 6) is 0.837. The number of hydrogen-bond acceptors (Lipinski definition) is 4. The number of nitrogens with zero attached hydrogens (tertiary/aromatic N) is 1. The predicted molar refractivity (Wildman–Crippen MR) is 81.6 cm³/mol. The molecule has 2 aromatic heterocycles. The summed E-state index contributed by atoms with van der Waals surface area (Å²) in [6.45, 7) is 0.0454. The molecular weight excluding hydrogens is 302 g/mol. The number of aromatic nitrogens is 2. The minimum absolute atomic E-state index is 0.0388. The second kappa shape index (κ2) is 5.04. The molecule has 2 aliphatic rings. The van der Waals surface area contributed by atoms with Crippen LogP contribution in [0.4, 0.5) is 0 Å². The highest BCUT2D eigenvalue weighted by Crippen LogP contribution is 2.48. The molecule has 2 heterocycles. The fraction of sp³-hybridized carbons (Fsp3) is 0.533. The van der Waals surface area contributed by atoms with Crippen LogP contribution in [0.15, 0.2) is 29.4 Å². The van der Waals surface area contributed by atoms with Gasteiger partial charge in [-0.15, -0.1) is 0 Å². The lowest BCUT2D eigenvalue weighted by Gasteiger charge is -2.30. The number of hydrogen-bond donors (Lipinski definition) is 3. The van der Waals surface area contributed by atoms with Crippen LogP contribution in [-0.4, -0.2) is 36.1 Å². The first-order chi connectivity index (χ1) is 10.6. The molecule has 2 saturated carbocycles. The first-order valence-corrected chi connectivity index (χ1v) is 9.14. The first-order valence-electron chi connectivity index (χ1n) is 7.65. The van der Waals surface area contributed by atoms with Gasteiger partial charge in [0.25, 0.3) is 0 Å². The van der Waals surface area contributed by atoms with Gasteiger partial charge in [0.05, 0.1) is 0 Å². The Bertz CT molecular complexity index is 801. The van der Waals surface area contributed by atoms with Crippen LogP contribution in [-0.2, 0) is 10.0 Å². The molecule has 0 saturated heterocycles. The van der Waals surface area contributed by atoms with E-state index in [0.29, 0.717) is 22.9 Å². The highest BCUT2D eigenvalue weighted by molar-refractivity contribution is 7.89. The molecule has 0 aliphatic heterocycles. The highest BCUT2D eigenvalue weighted by atomic mass is 32.2. The number of aromatic amines is 1. The highest BCUT2D eigenvalue weighted by Gasteiger charge is 2.48. The normalized spacial score (nSPS) is 31.1. The molecule has 4 rings (SSSR count). The lowest BCUT2D eigenvalue weighted by Crippen LogP contribution is -2.45. The van der Waals surface area contributed by atoms with Crippen molar-refractivity contribution in [1.29, 1.82) is 0 Å². The summed E-state index contributed by atoms with van der Waals surface area (Å²) >= 11 is 0. The second-order valence-electron chi connectivity index (χ2n) is 6.38. The van der Waals surface area contributed by atoms with Crippen molar-refractivity contribution in [3.05, 3.63) is 24.5 Å². The van der Waals surface area contributed by atoms with Crippen LogP contribution in [0.5, 0.6) is 0 Å². The summed E-state index contributed by atoms with van der Waals surface area (Å²) in [6, 6.07) is 3.32. The lowest BCUT2D eigenvalue weighted by molar-refractivity contribution is 0.153. The standard InChI is InChI=1S/C15H19N3O3S/c19-8-12-9-3-4-10(6-9)14(12)18-22(20,21)13-7-17-15-11(13)2-1-5-16-15/h1-2,5,7,9-10,12,14,18-19H,3-4,6,8H2,(H,16,17). The number of rotatable bonds is 4. The van der Waals surface area contributed by atoms with Gasteiger partial charge in [-0.2, -0.15) is 0 Å². The van der Waals surface area contributed by atoms with E-state index in [2.05, 4.69) is 14.7 Å². The lowest BCUT2D eigenvalue weighted by atomic mass is 9.86. The van der Waals surface area contributed by atoms with Gasteiger partial charge in [-0.25, -0.2) is 18.1 Å². The third kappa shape index (κ3) is 2.07. The van der Waals surface area contributed by atoms with Crippen molar-refractivity contribution < 1.29 is 13.5 Å². The Morgan fingerprint density at radius 2 is 2.18 bits per heavy atom. The van der Waals surface area contributed by atoms with Crippen LogP contribution in [0.25, 0.3) is 11.0 Å². The van der Waals surface area contributed by atoms with E-state index in [1.165, 1.54) is 6.20 Å². The maximum absolute atomic E-state index is 12.8. The Hall–Kier alpha value is -1.44. The van der Waals surface area contributed by atoms with Gasteiger partial charge in [-0.3, -0.25) is 0 Å². The van der Waals surface area contributed by atoms with Gasteiger partial charge in [0.15, 0.2) is 0 Å². The number of nitrogens with one attached hydrogen (secondary N) is 2. The molecule has 0 radical (unpaired) electrons. The van der Waals surface area contributed by atoms with E-state index in [1.807, 2.05) is 0 Å². The largest absolute Gasteiger partial charge is 0.396 e. The molecule has 0 spiro atoms. The molecule has 0 amide bonds. The first kappa shape index (κ1) is 14.2. The van der Waals surface area contributed by atoms with Crippen molar-refractivity contribution in [2.45, 2.75) is 30.2 Å². The summed E-state index contributed by atoms with van der Waals surface area (Å²) in [7, 11) is -3.62. The van der Waals surface area contributed by atoms with Crippen LogP contribution < -0.4 is 4.72 Å². The number of aliphatic hydroxyl groups excluding tert-OH is 1. The maximum atomic E-state index is 12.8. The van der Waals surface area contributed by atoms with Crippen molar-refractivity contribution >= 4 is 21.1 Å². The van der Waals surface area contributed by atoms with Crippen molar-refractivity contribution in [2.75, 3.05) is 6.61 Å². The average molecular weight is 321 g/mol. The zero-order valence-corrected chi connectivity index (χ0v) is 12.9. The SMILES string of the molecule is O=S(=O)(NC1C2CCC(C2)C1CO)c1c[nH]c2ncccc12. The van der Waals surface area contributed by atoms with Crippen LogP contribution in [0, 0.1) is 17.8 Å². The van der Waals surface area contributed by atoms with E-state index in [9.17, 15) is 13.5 Å². The van der Waals surface area contributed by atoms with Gasteiger partial charge in [-0.05, 0) is 43.2 Å². The quantitative estimate of drug-likeness (QED) is 0.790. The number of aliphatic hydroxyl groups is 1. The van der Waals surface area contributed by atoms with Gasteiger partial charge in [0.2, 0.25) is 10.0 Å². The molecule has 2 aromatic rings. The molecule has 4 atom stereocenters. The zero-order valence-electron chi connectivity index (χ0n) is 12.1. The summed E-state index contributed by atoms with van der Waals surface area (Å²) in [5.41, 5.74) is 0.564. The van der Waals surface area contributed by atoms with E-state index in [4.69, 9.17) is 0 Å². The van der Waals surface area contributed by atoms with Gasteiger partial charge in [0, 0.05) is 36.3 Å². The van der Waals surface area contributed by atoms with Crippen molar-refractivity contribution in [3.8, 4) is 0 Å². The maximum Gasteiger partial charge on any atom is 0.243 e. The summed E-state index contributed by atoms with van der Waals surface area (Å²) in [4.78, 5) is 7.26. The summed E-state index contributed by atoms with van der Waals surface area (Å²) < 4.78 is 28.4. The topological polar surface area (TPSA) is 95.1 Å². The Labute approximate surface area is 129 Å². The molecule has 2 aliphatic carbocycles. The van der Waals surface area contributed by atoms with E-state index in [1.54, 1.807) is 18.3 Å². The Balaban J connectivity index is 1.67. The third-order valence-corrected chi connectivity index (χ3v) is 6.79. The molecule has 6 nitrogen and oxygen atoms in total. The number of sulfonamides is 1. The molecule has 2 bridgehead atoms. The molecule has 3 N–H and O–H groups in total. The van der Waals surface area contributed by atoms with Crippen molar-refractivity contribution in [1.82, 2.24) is 14.7 Å². The van der Waals surface area contributed by atoms with Crippen molar-refractivity contribution in [2.24, 2.45) is 17.8 Å².